The molecule has 2 atom stereocenters. The van der Waals surface area contributed by atoms with Gasteiger partial charge in [-0.1, -0.05) is 27.2 Å². The zero-order valence-electron chi connectivity index (χ0n) is 13.7. The fraction of sp³-hybridized carbons (Fsp3) is 0.875. The van der Waals surface area contributed by atoms with Gasteiger partial charge in [0.2, 0.25) is 5.91 Å². The summed E-state index contributed by atoms with van der Waals surface area (Å²) in [5, 5.41) is 11.6. The largest absolute Gasteiger partial charge is 0.481 e. The van der Waals surface area contributed by atoms with E-state index in [1.54, 1.807) is 0 Å². The third-order valence-corrected chi connectivity index (χ3v) is 3.83. The molecule has 21 heavy (non-hydrogen) atoms. The van der Waals surface area contributed by atoms with Gasteiger partial charge in [-0.25, -0.2) is 0 Å². The molecular weight excluding hydrogens is 268 g/mol. The van der Waals surface area contributed by atoms with Crippen molar-refractivity contribution in [1.29, 1.82) is 0 Å². The first-order chi connectivity index (χ1) is 9.88. The third-order valence-electron chi connectivity index (χ3n) is 3.83. The number of nitrogens with one attached hydrogen (secondary N) is 1. The van der Waals surface area contributed by atoms with Crippen LogP contribution in [0.5, 0.6) is 0 Å². The van der Waals surface area contributed by atoms with Gasteiger partial charge in [-0.15, -0.1) is 0 Å². The number of carbonyl (C=O) groups excluding carboxylic acids is 1. The number of carboxylic acid groups (broad SMARTS) is 1. The summed E-state index contributed by atoms with van der Waals surface area (Å²) >= 11 is 0. The average molecular weight is 300 g/mol. The van der Waals surface area contributed by atoms with Crippen molar-refractivity contribution in [3.8, 4) is 0 Å². The Hall–Kier alpha value is -1.10. The molecule has 0 fully saturated rings. The van der Waals surface area contributed by atoms with Gasteiger partial charge in [0.15, 0.2) is 0 Å². The number of hydrogen-bond donors (Lipinski definition) is 3. The summed E-state index contributed by atoms with van der Waals surface area (Å²) in [6.45, 7) is 7.49. The molecule has 1 unspecified atom stereocenters. The van der Waals surface area contributed by atoms with Crippen LogP contribution in [-0.2, 0) is 9.59 Å². The van der Waals surface area contributed by atoms with Gasteiger partial charge in [0.05, 0.1) is 0 Å². The Labute approximate surface area is 128 Å². The van der Waals surface area contributed by atoms with Gasteiger partial charge < -0.3 is 16.2 Å². The average Bonchev–Trinajstić information content (AvgIpc) is 2.40. The zero-order valence-corrected chi connectivity index (χ0v) is 13.7. The van der Waals surface area contributed by atoms with Crippen molar-refractivity contribution in [2.75, 3.05) is 13.1 Å². The highest BCUT2D eigenvalue weighted by Crippen LogP contribution is 2.16. The molecular formula is C16H32N2O3. The predicted molar refractivity (Wildman–Crippen MR) is 84.9 cm³/mol. The molecule has 0 saturated heterocycles. The topological polar surface area (TPSA) is 92.4 Å². The highest BCUT2D eigenvalue weighted by atomic mass is 16.4. The Morgan fingerprint density at radius 2 is 1.86 bits per heavy atom. The van der Waals surface area contributed by atoms with E-state index >= 15 is 0 Å². The van der Waals surface area contributed by atoms with Gasteiger partial charge in [0.1, 0.15) is 0 Å². The number of carbonyl (C=O) groups is 2. The first-order valence-corrected chi connectivity index (χ1v) is 8.07. The normalized spacial score (nSPS) is 14.0. The lowest BCUT2D eigenvalue weighted by molar-refractivity contribution is -0.137. The second-order valence-electron chi connectivity index (χ2n) is 6.28. The molecule has 0 spiro atoms. The van der Waals surface area contributed by atoms with Crippen LogP contribution in [0, 0.1) is 17.8 Å². The van der Waals surface area contributed by atoms with Crippen LogP contribution in [0.1, 0.15) is 59.3 Å². The van der Waals surface area contributed by atoms with Crippen LogP contribution < -0.4 is 11.1 Å². The molecule has 5 nitrogen and oxygen atoms in total. The molecule has 0 rings (SSSR count). The minimum absolute atomic E-state index is 0.0548. The van der Waals surface area contributed by atoms with Crippen LogP contribution in [0.15, 0.2) is 0 Å². The second-order valence-corrected chi connectivity index (χ2v) is 6.28. The molecule has 5 heteroatoms. The Balaban J connectivity index is 3.92. The van der Waals surface area contributed by atoms with Crippen LogP contribution in [0.2, 0.25) is 0 Å². The zero-order chi connectivity index (χ0) is 16.3. The summed E-state index contributed by atoms with van der Waals surface area (Å²) in [5.41, 5.74) is 5.70. The van der Waals surface area contributed by atoms with Gasteiger partial charge in [0.25, 0.3) is 0 Å². The quantitative estimate of drug-likeness (QED) is 0.516. The molecule has 0 aliphatic heterocycles. The smallest absolute Gasteiger partial charge is 0.303 e. The summed E-state index contributed by atoms with van der Waals surface area (Å²) in [4.78, 5) is 22.4. The molecule has 0 heterocycles. The first-order valence-electron chi connectivity index (χ1n) is 8.07. The van der Waals surface area contributed by atoms with Gasteiger partial charge >= 0.3 is 5.97 Å². The summed E-state index contributed by atoms with van der Waals surface area (Å²) in [6.07, 6.45) is 4.13. The van der Waals surface area contributed by atoms with E-state index in [1.165, 1.54) is 0 Å². The summed E-state index contributed by atoms with van der Waals surface area (Å²) < 4.78 is 0. The molecule has 0 aromatic carbocycles. The molecule has 4 N–H and O–H groups in total. The molecule has 0 radical (unpaired) electrons. The molecule has 0 aromatic heterocycles. The molecule has 0 aliphatic rings. The lowest BCUT2D eigenvalue weighted by atomic mass is 9.93. The van der Waals surface area contributed by atoms with Gasteiger partial charge in [-0.3, -0.25) is 9.59 Å². The minimum Gasteiger partial charge on any atom is -0.481 e. The molecule has 0 aliphatic carbocycles. The Bertz CT molecular complexity index is 306. The van der Waals surface area contributed by atoms with E-state index in [-0.39, 0.29) is 18.2 Å². The van der Waals surface area contributed by atoms with E-state index in [0.29, 0.717) is 37.8 Å². The predicted octanol–water partition coefficient (Wildman–Crippen LogP) is 2.39. The summed E-state index contributed by atoms with van der Waals surface area (Å²) in [5.74, 6) is 0.462. The standard InChI is InChI=1S/C16H32N2O3/c1-4-13(5-6-16(20)21)7-8-18-15(19)10-14(11-17)9-12(2)3/h12-14H,4-11,17H2,1-3H3,(H,18,19)(H,20,21)/t13?,14-/m0/s1. The van der Waals surface area contributed by atoms with Crippen molar-refractivity contribution < 1.29 is 14.7 Å². The van der Waals surface area contributed by atoms with Crippen LogP contribution in [-0.4, -0.2) is 30.1 Å². The lowest BCUT2D eigenvalue weighted by Gasteiger charge is -2.18. The maximum Gasteiger partial charge on any atom is 0.303 e. The van der Waals surface area contributed by atoms with Crippen molar-refractivity contribution in [1.82, 2.24) is 5.32 Å². The van der Waals surface area contributed by atoms with Crippen LogP contribution >= 0.6 is 0 Å². The van der Waals surface area contributed by atoms with E-state index in [9.17, 15) is 9.59 Å². The molecule has 0 aromatic rings. The van der Waals surface area contributed by atoms with Crippen molar-refractivity contribution in [2.45, 2.75) is 59.3 Å². The van der Waals surface area contributed by atoms with Crippen molar-refractivity contribution in [2.24, 2.45) is 23.5 Å². The molecule has 0 saturated carbocycles. The maximum atomic E-state index is 11.9. The van der Waals surface area contributed by atoms with Gasteiger partial charge in [-0.2, -0.15) is 0 Å². The van der Waals surface area contributed by atoms with Crippen molar-refractivity contribution >= 4 is 11.9 Å². The number of rotatable bonds is 12. The number of nitrogens with two attached hydrogens (primary N) is 1. The van der Waals surface area contributed by atoms with Gasteiger partial charge in [-0.05, 0) is 43.6 Å². The van der Waals surface area contributed by atoms with E-state index in [2.05, 4.69) is 26.1 Å². The maximum absolute atomic E-state index is 11.9. The molecule has 1 amide bonds. The number of amides is 1. The van der Waals surface area contributed by atoms with E-state index in [1.807, 2.05) is 0 Å². The molecule has 124 valence electrons. The Morgan fingerprint density at radius 3 is 2.33 bits per heavy atom. The second kappa shape index (κ2) is 11.5. The van der Waals surface area contributed by atoms with Crippen molar-refractivity contribution in [3.05, 3.63) is 0 Å². The van der Waals surface area contributed by atoms with Gasteiger partial charge in [0, 0.05) is 19.4 Å². The molecule has 0 bridgehead atoms. The van der Waals surface area contributed by atoms with E-state index < -0.39 is 5.97 Å². The van der Waals surface area contributed by atoms with E-state index in [0.717, 1.165) is 19.3 Å². The minimum atomic E-state index is -0.753. The SMILES string of the molecule is CCC(CCNC(=O)C[C@@H](CN)CC(C)C)CCC(=O)O. The monoisotopic (exact) mass is 300 g/mol. The van der Waals surface area contributed by atoms with E-state index in [4.69, 9.17) is 10.8 Å². The fourth-order valence-corrected chi connectivity index (χ4v) is 2.56. The fourth-order valence-electron chi connectivity index (χ4n) is 2.56. The lowest BCUT2D eigenvalue weighted by Crippen LogP contribution is -2.30. The highest BCUT2D eigenvalue weighted by Gasteiger charge is 2.14. The van der Waals surface area contributed by atoms with Crippen molar-refractivity contribution in [3.63, 3.8) is 0 Å². The van der Waals surface area contributed by atoms with Crippen LogP contribution in [0.4, 0.5) is 0 Å². The number of hydrogen-bond acceptors (Lipinski definition) is 3. The Kier molecular flexibility index (Phi) is 10.9. The number of aliphatic carboxylic acids is 1. The Morgan fingerprint density at radius 1 is 1.19 bits per heavy atom. The van der Waals surface area contributed by atoms with Crippen LogP contribution in [0.3, 0.4) is 0 Å². The number of carboxylic acids is 1. The van der Waals surface area contributed by atoms with Crippen LogP contribution in [0.25, 0.3) is 0 Å². The summed E-state index contributed by atoms with van der Waals surface area (Å²) in [6, 6.07) is 0. The third kappa shape index (κ3) is 11.3. The highest BCUT2D eigenvalue weighted by molar-refractivity contribution is 5.76. The summed E-state index contributed by atoms with van der Waals surface area (Å²) in [7, 11) is 0. The first kappa shape index (κ1) is 19.9.